The van der Waals surface area contributed by atoms with Crippen molar-refractivity contribution in [1.82, 2.24) is 9.97 Å². The first-order valence-electron chi connectivity index (χ1n) is 6.54. The first-order valence-corrected chi connectivity index (χ1v) is 6.54. The standard InChI is InChI=1S/C15H12N4O2/c16-7-11-5-10(3-4-13(11)20)12-6-14(18-8-17-12)19-15(21)9-1-2-9/h3-6,8-9,20H,1-2H2,(H,17,18,19,21). The molecule has 1 fully saturated rings. The van der Waals surface area contributed by atoms with Gasteiger partial charge in [-0.2, -0.15) is 5.26 Å². The van der Waals surface area contributed by atoms with Crippen LogP contribution >= 0.6 is 0 Å². The molecule has 6 nitrogen and oxygen atoms in total. The van der Waals surface area contributed by atoms with Crippen molar-refractivity contribution in [2.45, 2.75) is 12.8 Å². The van der Waals surface area contributed by atoms with Crippen molar-refractivity contribution in [3.8, 4) is 23.1 Å². The second kappa shape index (κ2) is 5.21. The van der Waals surface area contributed by atoms with Crippen molar-refractivity contribution in [3.05, 3.63) is 36.2 Å². The molecule has 1 saturated carbocycles. The van der Waals surface area contributed by atoms with Gasteiger partial charge in [0.15, 0.2) is 0 Å². The van der Waals surface area contributed by atoms with Gasteiger partial charge in [-0.05, 0) is 31.0 Å². The number of carbonyl (C=O) groups excluding carboxylic acids is 1. The van der Waals surface area contributed by atoms with Crippen molar-refractivity contribution >= 4 is 11.7 Å². The third-order valence-electron chi connectivity index (χ3n) is 3.28. The highest BCUT2D eigenvalue weighted by Gasteiger charge is 2.29. The van der Waals surface area contributed by atoms with Crippen LogP contribution in [0.2, 0.25) is 0 Å². The summed E-state index contributed by atoms with van der Waals surface area (Å²) >= 11 is 0. The van der Waals surface area contributed by atoms with Crippen LogP contribution in [0.1, 0.15) is 18.4 Å². The van der Waals surface area contributed by atoms with Gasteiger partial charge in [-0.15, -0.1) is 0 Å². The van der Waals surface area contributed by atoms with Crippen molar-refractivity contribution in [2.24, 2.45) is 5.92 Å². The van der Waals surface area contributed by atoms with E-state index >= 15 is 0 Å². The maximum Gasteiger partial charge on any atom is 0.228 e. The van der Waals surface area contributed by atoms with E-state index in [1.54, 1.807) is 18.2 Å². The maximum absolute atomic E-state index is 11.7. The number of rotatable bonds is 3. The minimum absolute atomic E-state index is 0.0249. The fourth-order valence-electron chi connectivity index (χ4n) is 1.94. The van der Waals surface area contributed by atoms with Crippen LogP contribution in [0.25, 0.3) is 11.3 Å². The number of carbonyl (C=O) groups is 1. The van der Waals surface area contributed by atoms with Crippen LogP contribution in [-0.2, 0) is 4.79 Å². The molecule has 0 bridgehead atoms. The van der Waals surface area contributed by atoms with E-state index in [0.29, 0.717) is 17.1 Å². The summed E-state index contributed by atoms with van der Waals surface area (Å²) in [5, 5.41) is 21.2. The molecule has 0 spiro atoms. The van der Waals surface area contributed by atoms with Crippen LogP contribution in [0.3, 0.4) is 0 Å². The third-order valence-corrected chi connectivity index (χ3v) is 3.28. The molecule has 104 valence electrons. The zero-order valence-corrected chi connectivity index (χ0v) is 11.1. The van der Waals surface area contributed by atoms with E-state index in [1.807, 2.05) is 6.07 Å². The molecule has 1 aliphatic rings. The number of aromatic hydroxyl groups is 1. The Hall–Kier alpha value is -2.94. The average Bonchev–Trinajstić information content (AvgIpc) is 3.33. The molecule has 0 radical (unpaired) electrons. The normalized spacial score (nSPS) is 13.5. The molecule has 1 heterocycles. The number of nitrogens with one attached hydrogen (secondary N) is 1. The zero-order valence-electron chi connectivity index (χ0n) is 11.1. The highest BCUT2D eigenvalue weighted by Crippen LogP contribution is 2.30. The van der Waals surface area contributed by atoms with Crippen molar-refractivity contribution in [3.63, 3.8) is 0 Å². The predicted octanol–water partition coefficient (Wildman–Crippen LogP) is 2.07. The van der Waals surface area contributed by atoms with Gasteiger partial charge in [0.1, 0.15) is 24.0 Å². The van der Waals surface area contributed by atoms with E-state index in [1.165, 1.54) is 12.4 Å². The Labute approximate surface area is 121 Å². The molecule has 1 amide bonds. The minimum atomic E-state index is -0.0717. The zero-order chi connectivity index (χ0) is 14.8. The lowest BCUT2D eigenvalue weighted by Crippen LogP contribution is -2.14. The third kappa shape index (κ3) is 2.82. The highest BCUT2D eigenvalue weighted by atomic mass is 16.3. The summed E-state index contributed by atoms with van der Waals surface area (Å²) in [7, 11) is 0. The predicted molar refractivity (Wildman–Crippen MR) is 75.2 cm³/mol. The van der Waals surface area contributed by atoms with E-state index in [9.17, 15) is 9.90 Å². The highest BCUT2D eigenvalue weighted by molar-refractivity contribution is 5.93. The number of nitrogens with zero attached hydrogens (tertiary/aromatic N) is 3. The number of hydrogen-bond acceptors (Lipinski definition) is 5. The smallest absolute Gasteiger partial charge is 0.228 e. The van der Waals surface area contributed by atoms with E-state index < -0.39 is 0 Å². The van der Waals surface area contributed by atoms with Gasteiger partial charge in [0.05, 0.1) is 11.3 Å². The molecule has 2 aromatic rings. The van der Waals surface area contributed by atoms with Crippen molar-refractivity contribution in [1.29, 1.82) is 5.26 Å². The Kier molecular flexibility index (Phi) is 3.24. The molecule has 1 aromatic carbocycles. The summed E-state index contributed by atoms with van der Waals surface area (Å²) in [4.78, 5) is 19.9. The van der Waals surface area contributed by atoms with Crippen LogP contribution in [0, 0.1) is 17.2 Å². The van der Waals surface area contributed by atoms with E-state index in [4.69, 9.17) is 5.26 Å². The second-order valence-corrected chi connectivity index (χ2v) is 4.90. The lowest BCUT2D eigenvalue weighted by atomic mass is 10.1. The molecular weight excluding hydrogens is 268 g/mol. The number of amides is 1. The second-order valence-electron chi connectivity index (χ2n) is 4.90. The molecule has 0 saturated heterocycles. The summed E-state index contributed by atoms with van der Waals surface area (Å²) in [6.07, 6.45) is 3.21. The van der Waals surface area contributed by atoms with Gasteiger partial charge in [-0.3, -0.25) is 4.79 Å². The number of hydrogen-bond donors (Lipinski definition) is 2. The maximum atomic E-state index is 11.7. The molecule has 0 aliphatic heterocycles. The molecule has 3 rings (SSSR count). The molecule has 1 aliphatic carbocycles. The van der Waals surface area contributed by atoms with Gasteiger partial charge in [-0.25, -0.2) is 9.97 Å². The Morgan fingerprint density at radius 3 is 2.86 bits per heavy atom. The Morgan fingerprint density at radius 2 is 2.14 bits per heavy atom. The summed E-state index contributed by atoms with van der Waals surface area (Å²) in [6.45, 7) is 0. The van der Waals surface area contributed by atoms with Gasteiger partial charge < -0.3 is 10.4 Å². The molecule has 21 heavy (non-hydrogen) atoms. The average molecular weight is 280 g/mol. The fourth-order valence-corrected chi connectivity index (χ4v) is 1.94. The topological polar surface area (TPSA) is 98.9 Å². The summed E-state index contributed by atoms with van der Waals surface area (Å²) in [6, 6.07) is 8.21. The van der Waals surface area contributed by atoms with Crippen molar-refractivity contribution in [2.75, 3.05) is 5.32 Å². The number of nitriles is 1. The van der Waals surface area contributed by atoms with Crippen LogP contribution in [0.5, 0.6) is 5.75 Å². The van der Waals surface area contributed by atoms with E-state index in [0.717, 1.165) is 12.8 Å². The SMILES string of the molecule is N#Cc1cc(-c2cc(NC(=O)C3CC3)ncn2)ccc1O. The molecule has 0 unspecified atom stereocenters. The van der Waals surface area contributed by atoms with Crippen molar-refractivity contribution < 1.29 is 9.90 Å². The van der Waals surface area contributed by atoms with Crippen LogP contribution < -0.4 is 5.32 Å². The number of benzene rings is 1. The number of anilines is 1. The molecule has 1 aromatic heterocycles. The molecular formula is C15H12N4O2. The molecule has 0 atom stereocenters. The lowest BCUT2D eigenvalue weighted by molar-refractivity contribution is -0.117. The number of phenolic OH excluding ortho intramolecular Hbond substituents is 1. The Morgan fingerprint density at radius 1 is 1.33 bits per heavy atom. The van der Waals surface area contributed by atoms with Crippen LogP contribution in [0.4, 0.5) is 5.82 Å². The Bertz CT molecular complexity index is 748. The first-order chi connectivity index (χ1) is 10.2. The van der Waals surface area contributed by atoms with Gasteiger partial charge in [0.2, 0.25) is 5.91 Å². The monoisotopic (exact) mass is 280 g/mol. The van der Waals surface area contributed by atoms with E-state index in [2.05, 4.69) is 15.3 Å². The molecule has 2 N–H and O–H groups in total. The number of phenols is 1. The van der Waals surface area contributed by atoms with Gasteiger partial charge >= 0.3 is 0 Å². The summed E-state index contributed by atoms with van der Waals surface area (Å²) in [5.41, 5.74) is 1.43. The lowest BCUT2D eigenvalue weighted by Gasteiger charge is -2.06. The largest absolute Gasteiger partial charge is 0.507 e. The van der Waals surface area contributed by atoms with E-state index in [-0.39, 0.29) is 23.1 Å². The van der Waals surface area contributed by atoms with Gasteiger partial charge in [0, 0.05) is 17.5 Å². The van der Waals surface area contributed by atoms with Crippen LogP contribution in [-0.4, -0.2) is 21.0 Å². The minimum Gasteiger partial charge on any atom is -0.507 e. The summed E-state index contributed by atoms with van der Waals surface area (Å²) < 4.78 is 0. The first kappa shape index (κ1) is 13.1. The summed E-state index contributed by atoms with van der Waals surface area (Å²) in [5.74, 6) is 0.436. The number of aromatic nitrogens is 2. The quantitative estimate of drug-likeness (QED) is 0.896. The molecule has 6 heteroatoms. The fraction of sp³-hybridized carbons (Fsp3) is 0.200. The Balaban J connectivity index is 1.88. The van der Waals surface area contributed by atoms with Gasteiger partial charge in [-0.1, -0.05) is 0 Å². The van der Waals surface area contributed by atoms with Gasteiger partial charge in [0.25, 0.3) is 0 Å². The van der Waals surface area contributed by atoms with Crippen LogP contribution in [0.15, 0.2) is 30.6 Å².